The molecule has 1 amide bonds. The van der Waals surface area contributed by atoms with Crippen molar-refractivity contribution < 1.29 is 14.3 Å². The van der Waals surface area contributed by atoms with E-state index in [1.54, 1.807) is 7.11 Å². The minimum atomic E-state index is -0.354. The molecule has 0 bridgehead atoms. The van der Waals surface area contributed by atoms with Crippen molar-refractivity contribution in [3.8, 4) is 11.5 Å². The van der Waals surface area contributed by atoms with E-state index in [1.165, 1.54) is 116 Å². The summed E-state index contributed by atoms with van der Waals surface area (Å²) >= 11 is 0. The predicted octanol–water partition coefficient (Wildman–Crippen LogP) is 8.29. The molecule has 0 spiro atoms. The van der Waals surface area contributed by atoms with Gasteiger partial charge >= 0.3 is 0 Å². The number of methoxy groups -OCH3 is 1. The highest BCUT2D eigenvalue weighted by atomic mass is 16.5. The summed E-state index contributed by atoms with van der Waals surface area (Å²) in [6.07, 6.45) is 29.5. The monoisotopic (exact) mass is 530 g/mol. The molecule has 0 radical (unpaired) electrons. The van der Waals surface area contributed by atoms with Gasteiger partial charge in [0.1, 0.15) is 6.61 Å². The lowest BCUT2D eigenvalue weighted by atomic mass is 10.1. The van der Waals surface area contributed by atoms with Gasteiger partial charge in [0.15, 0.2) is 11.5 Å². The molecule has 0 aliphatic heterocycles. The first-order valence-electron chi connectivity index (χ1n) is 15.6. The van der Waals surface area contributed by atoms with Gasteiger partial charge in [-0.1, -0.05) is 109 Å². The van der Waals surface area contributed by atoms with Crippen LogP contribution in [0, 0.1) is 0 Å². The maximum absolute atomic E-state index is 11.1. The maximum Gasteiger partial charge on any atom is 0.221 e. The number of carbonyl (C=O) groups excluding carboxylic acids is 1. The molecular formula is C33H58N2O3. The molecule has 0 heterocycles. The van der Waals surface area contributed by atoms with Crippen molar-refractivity contribution in [2.75, 3.05) is 26.8 Å². The first-order valence-corrected chi connectivity index (χ1v) is 15.6. The quantitative estimate of drug-likeness (QED) is 0.0886. The highest BCUT2D eigenvalue weighted by molar-refractivity contribution is 5.76. The van der Waals surface area contributed by atoms with E-state index in [2.05, 4.69) is 24.4 Å². The standard InChI is InChI=1S/C33H58N2O3/c1-3-4-5-6-7-8-9-10-11-12-13-14-15-16-17-18-19-20-21-22-25-35-26-27-38-31-24-23-30(29-33(34)36)28-32(31)37-2/h10-11,23-24,28,35H,3-9,12-22,25-27,29H2,1-2H3,(H2,34,36)/b11-10-. The molecule has 5 nitrogen and oxygen atoms in total. The summed E-state index contributed by atoms with van der Waals surface area (Å²) in [6, 6.07) is 5.50. The largest absolute Gasteiger partial charge is 0.493 e. The Balaban J connectivity index is 1.83. The van der Waals surface area contributed by atoms with Gasteiger partial charge in [0.05, 0.1) is 13.5 Å². The minimum Gasteiger partial charge on any atom is -0.493 e. The second-order valence-electron chi connectivity index (χ2n) is 10.6. The van der Waals surface area contributed by atoms with Crippen LogP contribution in [0.4, 0.5) is 0 Å². The molecule has 0 fully saturated rings. The van der Waals surface area contributed by atoms with Crippen molar-refractivity contribution in [3.63, 3.8) is 0 Å². The number of unbranched alkanes of at least 4 members (excludes halogenated alkanes) is 16. The molecule has 1 aromatic carbocycles. The molecule has 0 saturated carbocycles. The SMILES string of the molecule is CCCCCCCC/C=C\CCCCCCCCCCCCNCCOc1ccc(CC(N)=O)cc1OC. The van der Waals surface area contributed by atoms with Gasteiger partial charge in [-0.3, -0.25) is 4.79 Å². The molecule has 0 aliphatic rings. The van der Waals surface area contributed by atoms with Crippen LogP contribution in [0.2, 0.25) is 0 Å². The number of benzene rings is 1. The first kappa shape index (κ1) is 34.0. The summed E-state index contributed by atoms with van der Waals surface area (Å²) in [7, 11) is 1.60. The van der Waals surface area contributed by atoms with Crippen molar-refractivity contribution >= 4 is 5.91 Å². The molecule has 0 atom stereocenters. The fourth-order valence-electron chi connectivity index (χ4n) is 4.71. The first-order chi connectivity index (χ1) is 18.7. The Bertz CT molecular complexity index is 720. The van der Waals surface area contributed by atoms with Gasteiger partial charge in [-0.05, 0) is 56.3 Å². The summed E-state index contributed by atoms with van der Waals surface area (Å²) in [5, 5.41) is 3.46. The van der Waals surface area contributed by atoms with Crippen molar-refractivity contribution in [3.05, 3.63) is 35.9 Å². The van der Waals surface area contributed by atoms with E-state index in [0.29, 0.717) is 18.1 Å². The number of rotatable bonds is 27. The normalized spacial score (nSPS) is 11.3. The zero-order valence-corrected chi connectivity index (χ0v) is 24.7. The Morgan fingerprint density at radius 1 is 0.763 bits per heavy atom. The third-order valence-electron chi connectivity index (χ3n) is 7.01. The van der Waals surface area contributed by atoms with Crippen LogP contribution in [-0.4, -0.2) is 32.7 Å². The van der Waals surface area contributed by atoms with Gasteiger partial charge in [0, 0.05) is 6.54 Å². The molecule has 0 saturated heterocycles. The number of hydrogen-bond acceptors (Lipinski definition) is 4. The number of primary amides is 1. The molecule has 38 heavy (non-hydrogen) atoms. The van der Waals surface area contributed by atoms with Crippen LogP contribution in [0.5, 0.6) is 11.5 Å². The minimum absolute atomic E-state index is 0.204. The van der Waals surface area contributed by atoms with Gasteiger partial charge in [-0.15, -0.1) is 0 Å². The van der Waals surface area contributed by atoms with E-state index in [-0.39, 0.29) is 12.3 Å². The zero-order chi connectivity index (χ0) is 27.5. The van der Waals surface area contributed by atoms with Crippen molar-refractivity contribution in [1.29, 1.82) is 0 Å². The molecular weight excluding hydrogens is 472 g/mol. The Morgan fingerprint density at radius 2 is 1.32 bits per heavy atom. The average molecular weight is 531 g/mol. The van der Waals surface area contributed by atoms with Crippen molar-refractivity contribution in [2.24, 2.45) is 5.73 Å². The van der Waals surface area contributed by atoms with Crippen LogP contribution in [0.1, 0.15) is 128 Å². The van der Waals surface area contributed by atoms with Gasteiger partial charge in [0.25, 0.3) is 0 Å². The highest BCUT2D eigenvalue weighted by Crippen LogP contribution is 2.28. The second kappa shape index (κ2) is 25.3. The Morgan fingerprint density at radius 3 is 1.87 bits per heavy atom. The molecule has 0 aromatic heterocycles. The fraction of sp³-hybridized carbons (Fsp3) is 0.727. The number of allylic oxidation sites excluding steroid dienone is 2. The summed E-state index contributed by atoms with van der Waals surface area (Å²) in [4.78, 5) is 11.1. The molecule has 1 rings (SSSR count). The zero-order valence-electron chi connectivity index (χ0n) is 24.7. The highest BCUT2D eigenvalue weighted by Gasteiger charge is 2.07. The summed E-state index contributed by atoms with van der Waals surface area (Å²) < 4.78 is 11.2. The fourth-order valence-corrected chi connectivity index (χ4v) is 4.71. The number of hydrogen-bond donors (Lipinski definition) is 2. The Hall–Kier alpha value is -2.01. The van der Waals surface area contributed by atoms with E-state index < -0.39 is 0 Å². The van der Waals surface area contributed by atoms with Crippen LogP contribution >= 0.6 is 0 Å². The lowest BCUT2D eigenvalue weighted by molar-refractivity contribution is -0.117. The van der Waals surface area contributed by atoms with E-state index in [0.717, 1.165) is 18.7 Å². The molecule has 5 heteroatoms. The van der Waals surface area contributed by atoms with Gasteiger partial charge < -0.3 is 20.5 Å². The van der Waals surface area contributed by atoms with E-state index in [4.69, 9.17) is 15.2 Å². The van der Waals surface area contributed by atoms with E-state index in [1.807, 2.05) is 18.2 Å². The number of amides is 1. The topological polar surface area (TPSA) is 73.6 Å². The number of ether oxygens (including phenoxy) is 2. The number of nitrogens with one attached hydrogen (secondary N) is 1. The summed E-state index contributed by atoms with van der Waals surface area (Å²) in [5.41, 5.74) is 6.09. The van der Waals surface area contributed by atoms with E-state index >= 15 is 0 Å². The van der Waals surface area contributed by atoms with Crippen LogP contribution < -0.4 is 20.5 Å². The number of carbonyl (C=O) groups is 1. The van der Waals surface area contributed by atoms with Gasteiger partial charge in [0.2, 0.25) is 5.91 Å². The maximum atomic E-state index is 11.1. The predicted molar refractivity (Wildman–Crippen MR) is 162 cm³/mol. The molecule has 3 N–H and O–H groups in total. The lowest BCUT2D eigenvalue weighted by Gasteiger charge is -2.12. The molecule has 1 aromatic rings. The van der Waals surface area contributed by atoms with Crippen LogP contribution in [0.3, 0.4) is 0 Å². The Labute approximate surface area is 234 Å². The van der Waals surface area contributed by atoms with Crippen LogP contribution in [0.15, 0.2) is 30.4 Å². The van der Waals surface area contributed by atoms with Gasteiger partial charge in [-0.25, -0.2) is 0 Å². The summed E-state index contributed by atoms with van der Waals surface area (Å²) in [5.74, 6) is 0.973. The van der Waals surface area contributed by atoms with E-state index in [9.17, 15) is 4.79 Å². The van der Waals surface area contributed by atoms with Gasteiger partial charge in [-0.2, -0.15) is 0 Å². The molecule has 0 aliphatic carbocycles. The van der Waals surface area contributed by atoms with Crippen LogP contribution in [0.25, 0.3) is 0 Å². The molecule has 0 unspecified atom stereocenters. The lowest BCUT2D eigenvalue weighted by Crippen LogP contribution is -2.22. The smallest absolute Gasteiger partial charge is 0.221 e. The Kier molecular flexibility index (Phi) is 22.6. The third-order valence-corrected chi connectivity index (χ3v) is 7.01. The average Bonchev–Trinajstić information content (AvgIpc) is 2.91. The van der Waals surface area contributed by atoms with Crippen LogP contribution in [-0.2, 0) is 11.2 Å². The third kappa shape index (κ3) is 20.0. The van der Waals surface area contributed by atoms with Crippen molar-refractivity contribution in [2.45, 2.75) is 129 Å². The van der Waals surface area contributed by atoms with Crippen molar-refractivity contribution in [1.82, 2.24) is 5.32 Å². The second-order valence-corrected chi connectivity index (χ2v) is 10.6. The summed E-state index contributed by atoms with van der Waals surface area (Å²) in [6.45, 7) is 4.71. The number of nitrogens with two attached hydrogens (primary N) is 1. The molecule has 218 valence electrons.